The van der Waals surface area contributed by atoms with Gasteiger partial charge in [-0.1, -0.05) is 31.0 Å². The SMILES string of the molecule is NC(=S)Nc1ccccc1C1OC2CCCCC2c2sccc21. The van der Waals surface area contributed by atoms with Gasteiger partial charge in [-0.15, -0.1) is 11.3 Å². The number of fused-ring (bicyclic) bond motifs is 3. The van der Waals surface area contributed by atoms with Crippen LogP contribution in [0.1, 0.15) is 53.7 Å². The lowest BCUT2D eigenvalue weighted by atomic mass is 9.80. The van der Waals surface area contributed by atoms with Gasteiger partial charge in [-0.05, 0) is 48.1 Å². The van der Waals surface area contributed by atoms with Crippen molar-refractivity contribution >= 4 is 34.4 Å². The van der Waals surface area contributed by atoms with E-state index < -0.39 is 0 Å². The predicted molar refractivity (Wildman–Crippen MR) is 99.1 cm³/mol. The molecule has 1 aromatic carbocycles. The molecule has 2 aliphatic rings. The van der Waals surface area contributed by atoms with E-state index in [4.69, 9.17) is 22.7 Å². The number of nitrogens with one attached hydrogen (secondary N) is 1. The summed E-state index contributed by atoms with van der Waals surface area (Å²) in [6, 6.07) is 10.4. The molecule has 1 aromatic heterocycles. The summed E-state index contributed by atoms with van der Waals surface area (Å²) in [6.07, 6.45) is 5.28. The lowest BCUT2D eigenvalue weighted by Gasteiger charge is -2.40. The maximum Gasteiger partial charge on any atom is 0.168 e. The molecule has 3 atom stereocenters. The second-order valence-electron chi connectivity index (χ2n) is 6.26. The lowest BCUT2D eigenvalue weighted by molar-refractivity contribution is -0.0371. The topological polar surface area (TPSA) is 47.3 Å². The molecule has 0 bridgehead atoms. The van der Waals surface area contributed by atoms with E-state index in [1.807, 2.05) is 29.5 Å². The van der Waals surface area contributed by atoms with Crippen molar-refractivity contribution in [1.29, 1.82) is 0 Å². The Bertz CT molecular complexity index is 727. The van der Waals surface area contributed by atoms with Crippen LogP contribution in [0.25, 0.3) is 0 Å². The number of hydrogen-bond donors (Lipinski definition) is 2. The van der Waals surface area contributed by atoms with Crippen LogP contribution in [-0.4, -0.2) is 11.2 Å². The van der Waals surface area contributed by atoms with Crippen LogP contribution in [0, 0.1) is 0 Å². The van der Waals surface area contributed by atoms with Crippen LogP contribution >= 0.6 is 23.6 Å². The molecule has 5 heteroatoms. The molecular weight excluding hydrogens is 324 g/mol. The molecule has 0 radical (unpaired) electrons. The number of para-hydroxylation sites is 1. The first-order chi connectivity index (χ1) is 11.2. The van der Waals surface area contributed by atoms with Gasteiger partial charge in [0.1, 0.15) is 6.10 Å². The Morgan fingerprint density at radius 1 is 1.17 bits per heavy atom. The minimum atomic E-state index is -0.0337. The quantitative estimate of drug-likeness (QED) is 0.785. The zero-order valence-electron chi connectivity index (χ0n) is 12.8. The molecule has 3 nitrogen and oxygen atoms in total. The maximum atomic E-state index is 6.57. The minimum Gasteiger partial charge on any atom is -0.376 e. The van der Waals surface area contributed by atoms with E-state index >= 15 is 0 Å². The van der Waals surface area contributed by atoms with Gasteiger partial charge in [-0.3, -0.25) is 0 Å². The van der Waals surface area contributed by atoms with Crippen LogP contribution < -0.4 is 11.1 Å². The minimum absolute atomic E-state index is 0.0337. The van der Waals surface area contributed by atoms with E-state index in [1.165, 1.54) is 29.7 Å². The molecule has 1 aliphatic heterocycles. The summed E-state index contributed by atoms with van der Waals surface area (Å²) in [4.78, 5) is 1.51. The van der Waals surface area contributed by atoms with Crippen molar-refractivity contribution in [1.82, 2.24) is 0 Å². The van der Waals surface area contributed by atoms with Gasteiger partial charge in [0.25, 0.3) is 0 Å². The van der Waals surface area contributed by atoms with E-state index in [-0.39, 0.29) is 11.2 Å². The molecule has 0 amide bonds. The average molecular weight is 345 g/mol. The second kappa shape index (κ2) is 6.23. The predicted octanol–water partition coefficient (Wildman–Crippen LogP) is 4.55. The third-order valence-corrected chi connectivity index (χ3v) is 6.03. The molecule has 0 saturated heterocycles. The van der Waals surface area contributed by atoms with Gasteiger partial charge in [-0.25, -0.2) is 0 Å². The molecule has 4 rings (SSSR count). The van der Waals surface area contributed by atoms with Gasteiger partial charge in [-0.2, -0.15) is 0 Å². The molecular formula is C18H20N2OS2. The number of rotatable bonds is 2. The van der Waals surface area contributed by atoms with Gasteiger partial charge < -0.3 is 15.8 Å². The zero-order chi connectivity index (χ0) is 15.8. The first-order valence-corrected chi connectivity index (χ1v) is 9.41. The summed E-state index contributed by atoms with van der Waals surface area (Å²) >= 11 is 6.90. The summed E-state index contributed by atoms with van der Waals surface area (Å²) in [5, 5.41) is 5.58. The highest BCUT2D eigenvalue weighted by Gasteiger charge is 2.39. The van der Waals surface area contributed by atoms with Gasteiger partial charge in [0.15, 0.2) is 5.11 Å². The Balaban J connectivity index is 1.76. The standard InChI is InChI=1S/C18H20N2OS2/c19-18(22)20-14-7-3-1-5-11(14)16-13-9-10-23-17(13)12-6-2-4-8-15(12)21-16/h1,3,5,7,9-10,12,15-16H,2,4,6,8H2,(H3,19,20,22). The normalized spacial score (nSPS) is 26.2. The van der Waals surface area contributed by atoms with E-state index in [2.05, 4.69) is 22.8 Å². The summed E-state index contributed by atoms with van der Waals surface area (Å²) in [5.74, 6) is 0.575. The summed E-state index contributed by atoms with van der Waals surface area (Å²) in [6.45, 7) is 0. The van der Waals surface area contributed by atoms with Crippen LogP contribution in [-0.2, 0) is 4.74 Å². The first-order valence-electron chi connectivity index (χ1n) is 8.12. The number of thiophene rings is 1. The number of thiocarbonyl (C=S) groups is 1. The monoisotopic (exact) mass is 344 g/mol. The fourth-order valence-electron chi connectivity index (χ4n) is 3.87. The molecule has 120 valence electrons. The highest BCUT2D eigenvalue weighted by Crippen LogP contribution is 2.49. The van der Waals surface area contributed by atoms with Crippen molar-refractivity contribution in [3.05, 3.63) is 51.7 Å². The Labute approximate surface area is 145 Å². The van der Waals surface area contributed by atoms with Crippen molar-refractivity contribution in [2.75, 3.05) is 5.32 Å². The first kappa shape index (κ1) is 15.1. The summed E-state index contributed by atoms with van der Waals surface area (Å²) < 4.78 is 6.57. The van der Waals surface area contributed by atoms with E-state index in [1.54, 1.807) is 0 Å². The van der Waals surface area contributed by atoms with Gasteiger partial charge in [0.05, 0.1) is 6.10 Å². The molecule has 3 unspecified atom stereocenters. The van der Waals surface area contributed by atoms with E-state index in [9.17, 15) is 0 Å². The van der Waals surface area contributed by atoms with Gasteiger partial charge in [0, 0.05) is 22.0 Å². The molecule has 1 aliphatic carbocycles. The lowest BCUT2D eigenvalue weighted by Crippen LogP contribution is -2.33. The molecule has 2 heterocycles. The fraction of sp³-hybridized carbons (Fsp3) is 0.389. The largest absolute Gasteiger partial charge is 0.376 e. The molecule has 1 saturated carbocycles. The van der Waals surface area contributed by atoms with E-state index in [0.717, 1.165) is 17.7 Å². The molecule has 23 heavy (non-hydrogen) atoms. The highest BCUT2D eigenvalue weighted by molar-refractivity contribution is 7.80. The average Bonchev–Trinajstić information content (AvgIpc) is 3.04. The van der Waals surface area contributed by atoms with Gasteiger partial charge in [0.2, 0.25) is 0 Å². The van der Waals surface area contributed by atoms with Crippen molar-refractivity contribution in [2.24, 2.45) is 5.73 Å². The Kier molecular flexibility index (Phi) is 4.09. The Morgan fingerprint density at radius 3 is 2.87 bits per heavy atom. The van der Waals surface area contributed by atoms with Crippen LogP contribution in [0.4, 0.5) is 5.69 Å². The maximum absolute atomic E-state index is 6.57. The van der Waals surface area contributed by atoms with Crippen LogP contribution in [0.15, 0.2) is 35.7 Å². The van der Waals surface area contributed by atoms with Gasteiger partial charge >= 0.3 is 0 Å². The smallest absolute Gasteiger partial charge is 0.168 e. The third kappa shape index (κ3) is 2.77. The molecule has 1 fully saturated rings. The number of anilines is 1. The van der Waals surface area contributed by atoms with Crippen molar-refractivity contribution in [3.63, 3.8) is 0 Å². The number of ether oxygens (including phenoxy) is 1. The molecule has 0 spiro atoms. The molecule has 3 N–H and O–H groups in total. The molecule has 2 aromatic rings. The van der Waals surface area contributed by atoms with Crippen LogP contribution in [0.2, 0.25) is 0 Å². The third-order valence-electron chi connectivity index (χ3n) is 4.86. The zero-order valence-corrected chi connectivity index (χ0v) is 14.5. The van der Waals surface area contributed by atoms with Crippen LogP contribution in [0.5, 0.6) is 0 Å². The summed E-state index contributed by atoms with van der Waals surface area (Å²) in [7, 11) is 0. The fourth-order valence-corrected chi connectivity index (χ4v) is 5.10. The highest BCUT2D eigenvalue weighted by atomic mass is 32.1. The van der Waals surface area contributed by atoms with Crippen molar-refractivity contribution in [3.8, 4) is 0 Å². The second-order valence-corrected chi connectivity index (χ2v) is 7.65. The number of benzene rings is 1. The Hall–Kier alpha value is -1.43. The number of nitrogens with two attached hydrogens (primary N) is 1. The van der Waals surface area contributed by atoms with Crippen molar-refractivity contribution in [2.45, 2.75) is 43.8 Å². The van der Waals surface area contributed by atoms with E-state index in [0.29, 0.717) is 12.0 Å². The van der Waals surface area contributed by atoms with Crippen LogP contribution in [0.3, 0.4) is 0 Å². The summed E-state index contributed by atoms with van der Waals surface area (Å²) in [5.41, 5.74) is 9.06. The van der Waals surface area contributed by atoms with Crippen molar-refractivity contribution < 1.29 is 4.74 Å². The Morgan fingerprint density at radius 2 is 2.00 bits per heavy atom. The number of hydrogen-bond acceptors (Lipinski definition) is 3.